The smallest absolute Gasteiger partial charge is 0.132 e. The molecule has 0 atom stereocenters. The molecule has 1 aromatic heterocycles. The minimum Gasteiger partial charge on any atom is -0.369 e. The van der Waals surface area contributed by atoms with Gasteiger partial charge in [-0.2, -0.15) is 5.26 Å². The van der Waals surface area contributed by atoms with Crippen LogP contribution in [0.2, 0.25) is 0 Å². The van der Waals surface area contributed by atoms with Crippen LogP contribution in [0.4, 0.5) is 11.6 Å². The van der Waals surface area contributed by atoms with Crippen molar-refractivity contribution < 1.29 is 0 Å². The Balaban J connectivity index is 2.73. The van der Waals surface area contributed by atoms with E-state index in [9.17, 15) is 0 Å². The number of anilines is 2. The molecule has 0 aliphatic carbocycles. The van der Waals surface area contributed by atoms with Gasteiger partial charge in [-0.05, 0) is 18.3 Å². The van der Waals surface area contributed by atoms with E-state index in [1.807, 2.05) is 19.1 Å². The molecule has 1 heterocycles. The number of nitriles is 1. The van der Waals surface area contributed by atoms with Gasteiger partial charge in [0.2, 0.25) is 0 Å². The summed E-state index contributed by atoms with van der Waals surface area (Å²) >= 11 is 0. The Bertz CT molecular complexity index is 459. The number of rotatable bonds is 6. The normalized spacial score (nSPS) is 11.2. The number of aryl methyl sites for hydroxylation is 1. The summed E-state index contributed by atoms with van der Waals surface area (Å²) in [7, 11) is 0. The molecule has 5 nitrogen and oxygen atoms in total. The molecule has 0 aromatic carbocycles. The maximum absolute atomic E-state index is 8.57. The van der Waals surface area contributed by atoms with Crippen LogP contribution in [0.1, 0.15) is 33.5 Å². The topological polar surface area (TPSA) is 73.6 Å². The lowest BCUT2D eigenvalue weighted by atomic mass is 9.81. The molecular formula is C14H23N5. The molecule has 1 aromatic rings. The van der Waals surface area contributed by atoms with E-state index in [4.69, 9.17) is 5.26 Å². The van der Waals surface area contributed by atoms with E-state index in [1.54, 1.807) is 0 Å². The van der Waals surface area contributed by atoms with Crippen molar-refractivity contribution in [1.82, 2.24) is 9.97 Å². The highest BCUT2D eigenvalue weighted by atomic mass is 15.1. The Labute approximate surface area is 115 Å². The summed E-state index contributed by atoms with van der Waals surface area (Å²) in [6.45, 7) is 11.8. The Morgan fingerprint density at radius 3 is 2.37 bits per heavy atom. The molecule has 0 saturated heterocycles. The zero-order valence-corrected chi connectivity index (χ0v) is 12.4. The first kappa shape index (κ1) is 15.2. The zero-order valence-electron chi connectivity index (χ0n) is 12.4. The predicted molar refractivity (Wildman–Crippen MR) is 78.0 cm³/mol. The summed E-state index contributed by atoms with van der Waals surface area (Å²) in [5.41, 5.74) is 0.194. The Morgan fingerprint density at radius 1 is 1.26 bits per heavy atom. The van der Waals surface area contributed by atoms with Crippen molar-refractivity contribution in [3.63, 3.8) is 0 Å². The van der Waals surface area contributed by atoms with E-state index >= 15 is 0 Å². The van der Waals surface area contributed by atoms with E-state index in [2.05, 4.69) is 48.3 Å². The number of nitrogens with one attached hydrogen (secondary N) is 2. The molecule has 0 aliphatic rings. The highest BCUT2D eigenvalue weighted by Gasteiger charge is 2.22. The predicted octanol–water partition coefficient (Wildman–Crippen LogP) is 2.81. The molecule has 0 radical (unpaired) electrons. The van der Waals surface area contributed by atoms with Gasteiger partial charge in [0.05, 0.1) is 6.07 Å². The van der Waals surface area contributed by atoms with Crippen LogP contribution in [0.5, 0.6) is 0 Å². The van der Waals surface area contributed by atoms with Crippen molar-refractivity contribution in [2.75, 3.05) is 23.7 Å². The van der Waals surface area contributed by atoms with Crippen LogP contribution in [0.3, 0.4) is 0 Å². The third kappa shape index (κ3) is 4.74. The van der Waals surface area contributed by atoms with Gasteiger partial charge in [0.1, 0.15) is 24.0 Å². The molecule has 0 unspecified atom stereocenters. The van der Waals surface area contributed by atoms with Crippen LogP contribution in [-0.4, -0.2) is 23.1 Å². The number of hydrogen-bond donors (Lipinski definition) is 2. The van der Waals surface area contributed by atoms with Crippen LogP contribution >= 0.6 is 0 Å². The second kappa shape index (κ2) is 6.37. The van der Waals surface area contributed by atoms with Gasteiger partial charge in [0.25, 0.3) is 0 Å². The average Bonchev–Trinajstić information content (AvgIpc) is 2.33. The molecule has 1 rings (SSSR count). The number of nitrogens with zero attached hydrogens (tertiary/aromatic N) is 3. The Hall–Kier alpha value is -1.83. The molecule has 0 bridgehead atoms. The molecule has 0 amide bonds. The van der Waals surface area contributed by atoms with Crippen LogP contribution < -0.4 is 10.6 Å². The zero-order chi connectivity index (χ0) is 14.5. The van der Waals surface area contributed by atoms with Crippen molar-refractivity contribution >= 4 is 11.6 Å². The largest absolute Gasteiger partial charge is 0.369 e. The van der Waals surface area contributed by atoms with Crippen molar-refractivity contribution in [2.45, 2.75) is 34.6 Å². The number of aromatic nitrogens is 2. The van der Waals surface area contributed by atoms with Gasteiger partial charge in [-0.1, -0.05) is 27.7 Å². The molecule has 19 heavy (non-hydrogen) atoms. The van der Waals surface area contributed by atoms with Gasteiger partial charge in [-0.15, -0.1) is 0 Å². The lowest BCUT2D eigenvalue weighted by Gasteiger charge is -2.29. The highest BCUT2D eigenvalue weighted by Crippen LogP contribution is 2.26. The van der Waals surface area contributed by atoms with E-state index in [0.29, 0.717) is 17.6 Å². The lowest BCUT2D eigenvalue weighted by molar-refractivity contribution is 0.269. The van der Waals surface area contributed by atoms with Gasteiger partial charge in [-0.3, -0.25) is 0 Å². The quantitative estimate of drug-likeness (QED) is 0.770. The van der Waals surface area contributed by atoms with E-state index in [1.165, 1.54) is 0 Å². The second-order valence-corrected chi connectivity index (χ2v) is 5.69. The summed E-state index contributed by atoms with van der Waals surface area (Å²) in [6, 6.07) is 3.87. The maximum atomic E-state index is 8.57. The summed E-state index contributed by atoms with van der Waals surface area (Å²) in [6.07, 6.45) is 0. The summed E-state index contributed by atoms with van der Waals surface area (Å²) in [4.78, 5) is 8.60. The van der Waals surface area contributed by atoms with Gasteiger partial charge in [0.15, 0.2) is 0 Å². The molecule has 2 N–H and O–H groups in total. The van der Waals surface area contributed by atoms with Crippen molar-refractivity contribution in [3.8, 4) is 6.07 Å². The van der Waals surface area contributed by atoms with E-state index in [-0.39, 0.29) is 12.0 Å². The van der Waals surface area contributed by atoms with Crippen LogP contribution in [-0.2, 0) is 0 Å². The second-order valence-electron chi connectivity index (χ2n) is 5.69. The minimum absolute atomic E-state index is 0.194. The van der Waals surface area contributed by atoms with Gasteiger partial charge in [-0.25, -0.2) is 9.97 Å². The average molecular weight is 261 g/mol. The number of hydrogen-bond acceptors (Lipinski definition) is 5. The van der Waals surface area contributed by atoms with Crippen LogP contribution in [0.15, 0.2) is 6.07 Å². The SMILES string of the molecule is Cc1nc(NCC#N)cc(NCC(C)(C)C(C)C)n1. The molecule has 0 fully saturated rings. The molecule has 104 valence electrons. The van der Waals surface area contributed by atoms with E-state index < -0.39 is 0 Å². The van der Waals surface area contributed by atoms with Crippen molar-refractivity contribution in [3.05, 3.63) is 11.9 Å². The Morgan fingerprint density at radius 2 is 1.84 bits per heavy atom. The summed E-state index contributed by atoms with van der Waals surface area (Å²) in [5, 5.41) is 14.9. The first-order valence-electron chi connectivity index (χ1n) is 6.55. The maximum Gasteiger partial charge on any atom is 0.132 e. The third-order valence-corrected chi connectivity index (χ3v) is 3.47. The fourth-order valence-electron chi connectivity index (χ4n) is 1.40. The van der Waals surface area contributed by atoms with Gasteiger partial charge < -0.3 is 10.6 Å². The summed E-state index contributed by atoms with van der Waals surface area (Å²) < 4.78 is 0. The van der Waals surface area contributed by atoms with Crippen molar-refractivity contribution in [1.29, 1.82) is 5.26 Å². The van der Waals surface area contributed by atoms with Gasteiger partial charge in [0, 0.05) is 12.6 Å². The first-order chi connectivity index (χ1) is 8.85. The van der Waals surface area contributed by atoms with Crippen LogP contribution in [0.25, 0.3) is 0 Å². The fourth-order valence-corrected chi connectivity index (χ4v) is 1.40. The first-order valence-corrected chi connectivity index (χ1v) is 6.55. The molecular weight excluding hydrogens is 238 g/mol. The van der Waals surface area contributed by atoms with Crippen LogP contribution in [0, 0.1) is 29.6 Å². The molecule has 0 saturated carbocycles. The molecule has 5 heteroatoms. The lowest BCUT2D eigenvalue weighted by Crippen LogP contribution is -2.28. The fraction of sp³-hybridized carbons (Fsp3) is 0.643. The summed E-state index contributed by atoms with van der Waals surface area (Å²) in [5.74, 6) is 2.74. The minimum atomic E-state index is 0.194. The van der Waals surface area contributed by atoms with E-state index in [0.717, 1.165) is 12.4 Å². The van der Waals surface area contributed by atoms with Gasteiger partial charge >= 0.3 is 0 Å². The molecule has 0 spiro atoms. The highest BCUT2D eigenvalue weighted by molar-refractivity contribution is 5.48. The standard InChI is InChI=1S/C14H23N5/c1-10(2)14(4,5)9-17-13-8-12(16-7-6-15)18-11(3)19-13/h8,10H,7,9H2,1-5H3,(H2,16,17,18,19). The molecule has 0 aliphatic heterocycles. The van der Waals surface area contributed by atoms with Crippen molar-refractivity contribution in [2.24, 2.45) is 11.3 Å². The third-order valence-electron chi connectivity index (χ3n) is 3.47. The monoisotopic (exact) mass is 261 g/mol. The Kier molecular flexibility index (Phi) is 5.11.